The molecule has 0 aromatic heterocycles. The summed E-state index contributed by atoms with van der Waals surface area (Å²) in [5.74, 6) is 0.311. The predicted molar refractivity (Wildman–Crippen MR) is 136 cm³/mol. The van der Waals surface area contributed by atoms with Crippen LogP contribution in [-0.4, -0.2) is 17.0 Å². The number of nitro benzene ring substituents is 1. The molecule has 0 bridgehead atoms. The van der Waals surface area contributed by atoms with Crippen LogP contribution in [0.3, 0.4) is 0 Å². The van der Waals surface area contributed by atoms with Gasteiger partial charge in [-0.1, -0.05) is 23.7 Å². The molecule has 3 aromatic carbocycles. The second kappa shape index (κ2) is 10.9. The molecule has 0 saturated heterocycles. The summed E-state index contributed by atoms with van der Waals surface area (Å²) in [4.78, 5) is 22.5. The molecule has 0 spiro atoms. The van der Waals surface area contributed by atoms with Crippen LogP contribution in [-0.2, 0) is 6.61 Å². The topological polar surface area (TPSA) is 93.8 Å². The van der Waals surface area contributed by atoms with Crippen molar-refractivity contribution in [1.82, 2.24) is 5.43 Å². The smallest absolute Gasteiger partial charge is 0.272 e. The summed E-state index contributed by atoms with van der Waals surface area (Å²) in [5.41, 5.74) is 4.46. The zero-order valence-electron chi connectivity index (χ0n) is 15.7. The third kappa shape index (κ3) is 6.37. The maximum Gasteiger partial charge on any atom is 0.272 e. The molecule has 0 fully saturated rings. The third-order valence-corrected chi connectivity index (χ3v) is 5.98. The Morgan fingerprint density at radius 3 is 2.39 bits per heavy atom. The summed E-state index contributed by atoms with van der Waals surface area (Å²) >= 11 is 10.3. The minimum Gasteiger partial charge on any atom is -0.487 e. The molecular formula is C21H14ClI2N3O4. The van der Waals surface area contributed by atoms with Gasteiger partial charge in [0.2, 0.25) is 0 Å². The van der Waals surface area contributed by atoms with Gasteiger partial charge in [-0.25, -0.2) is 5.43 Å². The number of nitrogens with one attached hydrogen (secondary N) is 1. The predicted octanol–water partition coefficient (Wildman–Crippen LogP) is 5.80. The molecule has 0 saturated carbocycles. The first-order chi connectivity index (χ1) is 14.8. The van der Waals surface area contributed by atoms with Gasteiger partial charge in [0, 0.05) is 12.1 Å². The molecule has 10 heteroatoms. The highest BCUT2D eigenvalue weighted by atomic mass is 127. The minimum atomic E-state index is -0.437. The second-order valence-corrected chi connectivity index (χ2v) is 8.94. The largest absolute Gasteiger partial charge is 0.487 e. The molecular weight excluding hydrogens is 648 g/mol. The molecule has 0 aliphatic heterocycles. The number of carbonyl (C=O) groups is 1. The van der Waals surface area contributed by atoms with E-state index in [-0.39, 0.29) is 12.3 Å². The lowest BCUT2D eigenvalue weighted by Crippen LogP contribution is -2.18. The Morgan fingerprint density at radius 1 is 1.13 bits per heavy atom. The number of amides is 1. The Labute approximate surface area is 210 Å². The van der Waals surface area contributed by atoms with Gasteiger partial charge in [0.15, 0.2) is 0 Å². The molecule has 31 heavy (non-hydrogen) atoms. The fourth-order valence-corrected chi connectivity index (χ4v) is 4.88. The van der Waals surface area contributed by atoms with Gasteiger partial charge in [-0.15, -0.1) is 0 Å². The number of ether oxygens (including phenoxy) is 1. The number of hydrazone groups is 1. The van der Waals surface area contributed by atoms with Crippen molar-refractivity contribution in [2.45, 2.75) is 6.61 Å². The number of hydrogen-bond acceptors (Lipinski definition) is 5. The van der Waals surface area contributed by atoms with Gasteiger partial charge in [-0.05, 0) is 92.7 Å². The number of hydrogen-bond donors (Lipinski definition) is 1. The number of rotatable bonds is 7. The van der Waals surface area contributed by atoms with Gasteiger partial charge < -0.3 is 4.74 Å². The van der Waals surface area contributed by atoms with Crippen LogP contribution in [0.2, 0.25) is 5.02 Å². The molecule has 1 amide bonds. The van der Waals surface area contributed by atoms with E-state index in [1.807, 2.05) is 12.1 Å². The van der Waals surface area contributed by atoms with Crippen molar-refractivity contribution >= 4 is 74.6 Å². The molecule has 0 radical (unpaired) electrons. The third-order valence-electron chi connectivity index (χ3n) is 4.05. The van der Waals surface area contributed by atoms with E-state index in [9.17, 15) is 14.9 Å². The summed E-state index contributed by atoms with van der Waals surface area (Å²) in [6, 6.07) is 16.7. The minimum absolute atomic E-state index is 0.0400. The van der Waals surface area contributed by atoms with Crippen molar-refractivity contribution in [3.63, 3.8) is 0 Å². The molecule has 0 unspecified atom stereocenters. The van der Waals surface area contributed by atoms with Crippen molar-refractivity contribution in [2.24, 2.45) is 5.10 Å². The van der Waals surface area contributed by atoms with Crippen molar-refractivity contribution in [2.75, 3.05) is 0 Å². The van der Waals surface area contributed by atoms with E-state index in [0.717, 1.165) is 18.3 Å². The summed E-state index contributed by atoms with van der Waals surface area (Å²) in [5, 5.41) is 15.1. The van der Waals surface area contributed by atoms with Crippen molar-refractivity contribution in [3.05, 3.63) is 99.6 Å². The fourth-order valence-electron chi connectivity index (χ4n) is 2.53. The average molecular weight is 662 g/mol. The van der Waals surface area contributed by atoms with Crippen LogP contribution in [0.4, 0.5) is 5.69 Å². The van der Waals surface area contributed by atoms with E-state index in [4.69, 9.17) is 16.3 Å². The fraction of sp³-hybridized carbons (Fsp3) is 0.0476. The lowest BCUT2D eigenvalue weighted by Gasteiger charge is -2.11. The van der Waals surface area contributed by atoms with Crippen molar-refractivity contribution < 1.29 is 14.5 Å². The van der Waals surface area contributed by atoms with Crippen LogP contribution in [0.25, 0.3) is 0 Å². The molecule has 0 heterocycles. The first-order valence-electron chi connectivity index (χ1n) is 8.78. The summed E-state index contributed by atoms with van der Waals surface area (Å²) in [6.45, 7) is 0.283. The first-order valence-corrected chi connectivity index (χ1v) is 11.3. The molecule has 3 aromatic rings. The quantitative estimate of drug-likeness (QED) is 0.150. The van der Waals surface area contributed by atoms with Gasteiger partial charge in [0.25, 0.3) is 11.6 Å². The van der Waals surface area contributed by atoms with Crippen LogP contribution < -0.4 is 10.2 Å². The Balaban J connectivity index is 1.64. The van der Waals surface area contributed by atoms with E-state index < -0.39 is 10.8 Å². The molecule has 0 aliphatic carbocycles. The maximum atomic E-state index is 12.2. The van der Waals surface area contributed by atoms with Crippen LogP contribution in [0.5, 0.6) is 5.75 Å². The Hall–Kier alpha value is -2.25. The molecule has 3 rings (SSSR count). The SMILES string of the molecule is O=C(N/N=C\c1cc(I)c(OCc2ccc([N+](=O)[O-])cc2)c(I)c1)c1ccccc1Cl. The highest BCUT2D eigenvalue weighted by Crippen LogP contribution is 2.29. The standard InChI is InChI=1S/C21H14ClI2N3O4/c22-17-4-2-1-3-16(17)21(28)26-25-11-14-9-18(23)20(19(24)10-14)31-12-13-5-7-15(8-6-13)27(29)30/h1-11H,12H2,(H,26,28)/b25-11-. The zero-order valence-corrected chi connectivity index (χ0v) is 20.8. The Bertz CT molecular complexity index is 1130. The van der Waals surface area contributed by atoms with Gasteiger partial charge >= 0.3 is 0 Å². The van der Waals surface area contributed by atoms with E-state index in [2.05, 4.69) is 55.7 Å². The van der Waals surface area contributed by atoms with E-state index in [0.29, 0.717) is 16.3 Å². The molecule has 7 nitrogen and oxygen atoms in total. The van der Waals surface area contributed by atoms with E-state index in [1.165, 1.54) is 12.1 Å². The molecule has 158 valence electrons. The monoisotopic (exact) mass is 661 g/mol. The van der Waals surface area contributed by atoms with E-state index in [1.54, 1.807) is 42.6 Å². The highest BCUT2D eigenvalue weighted by Gasteiger charge is 2.11. The van der Waals surface area contributed by atoms with E-state index >= 15 is 0 Å². The maximum absolute atomic E-state index is 12.2. The van der Waals surface area contributed by atoms with Crippen LogP contribution >= 0.6 is 56.8 Å². The number of nitrogens with zero attached hydrogens (tertiary/aromatic N) is 2. The Morgan fingerprint density at radius 2 is 1.77 bits per heavy atom. The number of carbonyl (C=O) groups excluding carboxylic acids is 1. The first kappa shape index (κ1) is 23.4. The number of non-ortho nitro benzene ring substituents is 1. The average Bonchev–Trinajstić information content (AvgIpc) is 2.73. The second-order valence-electron chi connectivity index (χ2n) is 6.20. The van der Waals surface area contributed by atoms with Gasteiger partial charge in [-0.3, -0.25) is 14.9 Å². The highest BCUT2D eigenvalue weighted by molar-refractivity contribution is 14.1. The lowest BCUT2D eigenvalue weighted by atomic mass is 10.2. The summed E-state index contributed by atoms with van der Waals surface area (Å²) < 4.78 is 7.64. The number of nitro groups is 1. The van der Waals surface area contributed by atoms with Gasteiger partial charge in [0.05, 0.1) is 28.9 Å². The van der Waals surface area contributed by atoms with Crippen LogP contribution in [0.1, 0.15) is 21.5 Å². The van der Waals surface area contributed by atoms with Crippen molar-refractivity contribution in [1.29, 1.82) is 0 Å². The van der Waals surface area contributed by atoms with Crippen LogP contribution in [0.15, 0.2) is 65.8 Å². The molecule has 0 atom stereocenters. The summed E-state index contributed by atoms with van der Waals surface area (Å²) in [6.07, 6.45) is 1.54. The number of benzene rings is 3. The van der Waals surface area contributed by atoms with Gasteiger partial charge in [0.1, 0.15) is 12.4 Å². The van der Waals surface area contributed by atoms with Gasteiger partial charge in [-0.2, -0.15) is 5.10 Å². The summed E-state index contributed by atoms with van der Waals surface area (Å²) in [7, 11) is 0. The number of halogens is 3. The zero-order chi connectivity index (χ0) is 22.4. The molecule has 0 aliphatic rings. The normalized spacial score (nSPS) is 10.8. The lowest BCUT2D eigenvalue weighted by molar-refractivity contribution is -0.384. The Kier molecular flexibility index (Phi) is 8.21. The molecule has 1 N–H and O–H groups in total. The van der Waals surface area contributed by atoms with Crippen LogP contribution in [0, 0.1) is 17.3 Å². The van der Waals surface area contributed by atoms with Crippen molar-refractivity contribution in [3.8, 4) is 5.75 Å².